The number of hydrogen-bond acceptors (Lipinski definition) is 6. The number of carbonyl (C=O) groups excluding carboxylic acids is 1. The predicted octanol–water partition coefficient (Wildman–Crippen LogP) is 7.16. The molecule has 4 rings (SSSR count). The first kappa shape index (κ1) is 29.6. The second kappa shape index (κ2) is 12.9. The highest BCUT2D eigenvalue weighted by atomic mass is 32.2. The van der Waals surface area contributed by atoms with Gasteiger partial charge in [-0.3, -0.25) is 4.79 Å². The molecule has 1 aromatic heterocycles. The van der Waals surface area contributed by atoms with Gasteiger partial charge < -0.3 is 18.4 Å². The molecule has 4 aromatic rings. The van der Waals surface area contributed by atoms with Crippen molar-refractivity contribution in [1.82, 2.24) is 4.72 Å². The molecule has 1 N–H and O–H groups in total. The van der Waals surface area contributed by atoms with Gasteiger partial charge in [-0.2, -0.15) is 0 Å². The van der Waals surface area contributed by atoms with Crippen molar-refractivity contribution in [1.29, 1.82) is 0 Å². The van der Waals surface area contributed by atoms with Gasteiger partial charge in [0.15, 0.2) is 0 Å². The van der Waals surface area contributed by atoms with Gasteiger partial charge in [0.05, 0.1) is 19.3 Å². The summed E-state index contributed by atoms with van der Waals surface area (Å²) in [5.41, 5.74) is 5.79. The molecule has 0 saturated carbocycles. The summed E-state index contributed by atoms with van der Waals surface area (Å²) in [6.07, 6.45) is 1.77. The van der Waals surface area contributed by atoms with E-state index < -0.39 is 28.8 Å². The van der Waals surface area contributed by atoms with Gasteiger partial charge in [-0.25, -0.2) is 4.39 Å². The van der Waals surface area contributed by atoms with Crippen molar-refractivity contribution in [3.63, 3.8) is 0 Å². The fourth-order valence-corrected chi connectivity index (χ4v) is 5.14. The minimum absolute atomic E-state index is 0.131. The highest BCUT2D eigenvalue weighted by molar-refractivity contribution is 7.90. The molecule has 212 valence electrons. The minimum Gasteiger partial charge on any atom is -0.598 e. The van der Waals surface area contributed by atoms with E-state index in [2.05, 4.69) is 4.72 Å². The number of nitrogens with one attached hydrogen (secondary N) is 1. The number of aryl methyl sites for hydroxylation is 1. The zero-order valence-corrected chi connectivity index (χ0v) is 24.4. The number of furan rings is 1. The van der Waals surface area contributed by atoms with Crippen molar-refractivity contribution in [2.75, 3.05) is 13.3 Å². The van der Waals surface area contributed by atoms with Crippen LogP contribution in [0.5, 0.6) is 5.75 Å². The zero-order valence-electron chi connectivity index (χ0n) is 23.6. The summed E-state index contributed by atoms with van der Waals surface area (Å²) >= 11 is -1.42. The van der Waals surface area contributed by atoms with Crippen molar-refractivity contribution < 1.29 is 27.6 Å². The number of alkyl halides is 1. The molecule has 0 spiro atoms. The summed E-state index contributed by atoms with van der Waals surface area (Å²) in [6, 6.07) is 18.5. The molecule has 2 atom stereocenters. The van der Waals surface area contributed by atoms with Crippen molar-refractivity contribution in [3.8, 4) is 16.9 Å². The van der Waals surface area contributed by atoms with Crippen molar-refractivity contribution in [3.05, 3.63) is 89.2 Å². The van der Waals surface area contributed by atoms with Crippen LogP contribution in [0, 0.1) is 6.92 Å². The summed E-state index contributed by atoms with van der Waals surface area (Å²) in [6.45, 7) is 9.20. The van der Waals surface area contributed by atoms with Gasteiger partial charge in [0, 0.05) is 27.9 Å². The molecular formula is C32H36FNO5S. The molecule has 0 radical (unpaired) electrons. The first-order valence-electron chi connectivity index (χ1n) is 13.3. The summed E-state index contributed by atoms with van der Waals surface area (Å²) in [4.78, 5) is 12.1. The van der Waals surface area contributed by atoms with E-state index in [1.807, 2.05) is 88.4 Å². The molecule has 0 amide bonds. The molecule has 0 aliphatic carbocycles. The Morgan fingerprint density at radius 3 is 2.65 bits per heavy atom. The summed E-state index contributed by atoms with van der Waals surface area (Å²) in [5.74, 6) is 0.332. The van der Waals surface area contributed by atoms with Crippen LogP contribution in [0.2, 0.25) is 0 Å². The van der Waals surface area contributed by atoms with Gasteiger partial charge in [-0.05, 0) is 87.2 Å². The van der Waals surface area contributed by atoms with E-state index in [1.54, 1.807) is 13.2 Å². The van der Waals surface area contributed by atoms with E-state index in [0.717, 1.165) is 33.2 Å². The average molecular weight is 566 g/mol. The average Bonchev–Trinajstić information content (AvgIpc) is 3.39. The Balaban J connectivity index is 1.63. The van der Waals surface area contributed by atoms with Gasteiger partial charge in [0.1, 0.15) is 35.4 Å². The van der Waals surface area contributed by atoms with Gasteiger partial charge in [-0.1, -0.05) is 30.3 Å². The molecule has 1 unspecified atom stereocenters. The predicted molar refractivity (Wildman–Crippen MR) is 157 cm³/mol. The van der Waals surface area contributed by atoms with E-state index in [4.69, 9.17) is 13.9 Å². The number of rotatable bonds is 11. The fourth-order valence-electron chi connectivity index (χ4n) is 4.33. The molecule has 6 nitrogen and oxygen atoms in total. The molecule has 8 heteroatoms. The Labute approximate surface area is 238 Å². The molecular weight excluding hydrogens is 529 g/mol. The van der Waals surface area contributed by atoms with Crippen LogP contribution in [0.4, 0.5) is 4.39 Å². The molecule has 0 saturated heterocycles. The zero-order chi connectivity index (χ0) is 28.9. The first-order chi connectivity index (χ1) is 19.1. The van der Waals surface area contributed by atoms with Crippen LogP contribution in [0.3, 0.4) is 0 Å². The third-order valence-corrected chi connectivity index (χ3v) is 8.04. The largest absolute Gasteiger partial charge is 0.598 e. The second-order valence-electron chi connectivity index (χ2n) is 10.7. The number of benzene rings is 3. The smallest absolute Gasteiger partial charge is 0.310 e. The molecule has 1 heterocycles. The third kappa shape index (κ3) is 7.24. The highest BCUT2D eigenvalue weighted by Crippen LogP contribution is 2.34. The van der Waals surface area contributed by atoms with Crippen LogP contribution in [-0.2, 0) is 33.9 Å². The maximum atomic E-state index is 14.1. The lowest BCUT2D eigenvalue weighted by molar-refractivity contribution is -0.142. The van der Waals surface area contributed by atoms with Gasteiger partial charge >= 0.3 is 5.97 Å². The lowest BCUT2D eigenvalue weighted by Gasteiger charge is -2.27. The topological polar surface area (TPSA) is 83.8 Å². The molecule has 0 fully saturated rings. The van der Waals surface area contributed by atoms with E-state index in [9.17, 15) is 13.7 Å². The van der Waals surface area contributed by atoms with Gasteiger partial charge in [0.2, 0.25) is 0 Å². The van der Waals surface area contributed by atoms with Crippen LogP contribution in [0.25, 0.3) is 22.1 Å². The maximum Gasteiger partial charge on any atom is 0.310 e. The number of fused-ring (bicyclic) bond motifs is 1. The van der Waals surface area contributed by atoms with E-state index >= 15 is 0 Å². The number of halogens is 1. The summed E-state index contributed by atoms with van der Waals surface area (Å²) < 4.78 is 46.3. The number of carbonyl (C=O) groups is 1. The van der Waals surface area contributed by atoms with E-state index in [1.165, 1.54) is 0 Å². The SMILES string of the molecule is CCOC(=O)Cc1ccc(C)cc1OCc1cc(-c2cccc(C(CF)N[S@+]([O-])C(C)(C)C)c2)c2occc2c1. The Hall–Kier alpha value is -3.33. The van der Waals surface area contributed by atoms with Crippen molar-refractivity contribution >= 4 is 28.3 Å². The summed E-state index contributed by atoms with van der Waals surface area (Å²) in [7, 11) is 0. The Kier molecular flexibility index (Phi) is 9.56. The monoisotopic (exact) mass is 565 g/mol. The number of ether oxygens (including phenoxy) is 2. The number of esters is 1. The van der Waals surface area contributed by atoms with Crippen LogP contribution in [0.1, 0.15) is 56.0 Å². The van der Waals surface area contributed by atoms with Crippen LogP contribution < -0.4 is 9.46 Å². The Morgan fingerprint density at radius 2 is 1.93 bits per heavy atom. The highest BCUT2D eigenvalue weighted by Gasteiger charge is 2.30. The van der Waals surface area contributed by atoms with Crippen LogP contribution in [-0.4, -0.2) is 28.6 Å². The molecule has 0 aliphatic heterocycles. The summed E-state index contributed by atoms with van der Waals surface area (Å²) in [5, 5.41) is 0.909. The van der Waals surface area contributed by atoms with Crippen molar-refractivity contribution in [2.45, 2.75) is 58.4 Å². The Bertz CT molecular complexity index is 1460. The number of hydrogen-bond donors (Lipinski definition) is 1. The maximum absolute atomic E-state index is 14.1. The first-order valence-corrected chi connectivity index (χ1v) is 14.5. The second-order valence-corrected chi connectivity index (χ2v) is 12.7. The molecule has 3 aromatic carbocycles. The normalized spacial score (nSPS) is 13.3. The van der Waals surface area contributed by atoms with Crippen molar-refractivity contribution in [2.24, 2.45) is 0 Å². The Morgan fingerprint density at radius 1 is 1.12 bits per heavy atom. The molecule has 0 aliphatic rings. The minimum atomic E-state index is -1.42. The van der Waals surface area contributed by atoms with E-state index in [-0.39, 0.29) is 19.0 Å². The lowest BCUT2D eigenvalue weighted by atomic mass is 9.97. The standard InChI is InChI=1S/C32H36FNO5S/c1-6-37-30(35)18-25-11-10-21(2)14-29(25)39-20-22-15-26-12-13-38-31(26)27(16-22)23-8-7-9-24(17-23)28(19-33)34-40(36)32(3,4)5/h7-17,28,34H,6,18-20H2,1-5H3/t28?,40-/m1/s1. The molecule has 0 bridgehead atoms. The quantitative estimate of drug-likeness (QED) is 0.154. The molecule has 40 heavy (non-hydrogen) atoms. The van der Waals surface area contributed by atoms with Gasteiger partial charge in [0.25, 0.3) is 0 Å². The van der Waals surface area contributed by atoms with Crippen LogP contribution >= 0.6 is 0 Å². The fraction of sp³-hybridized carbons (Fsp3) is 0.344. The third-order valence-electron chi connectivity index (χ3n) is 6.43. The van der Waals surface area contributed by atoms with E-state index in [0.29, 0.717) is 23.5 Å². The van der Waals surface area contributed by atoms with Crippen LogP contribution in [0.15, 0.2) is 71.3 Å². The van der Waals surface area contributed by atoms with Gasteiger partial charge in [-0.15, -0.1) is 4.72 Å². The lowest BCUT2D eigenvalue weighted by Crippen LogP contribution is -2.41.